The van der Waals surface area contributed by atoms with Crippen molar-refractivity contribution in [1.82, 2.24) is 0 Å². The summed E-state index contributed by atoms with van der Waals surface area (Å²) < 4.78 is 29.8. The predicted molar refractivity (Wildman–Crippen MR) is 105 cm³/mol. The van der Waals surface area contributed by atoms with Crippen LogP contribution in [0.2, 0.25) is 0 Å². The van der Waals surface area contributed by atoms with Crippen LogP contribution in [-0.2, 0) is 19.6 Å². The fourth-order valence-electron chi connectivity index (χ4n) is 2.26. The summed E-state index contributed by atoms with van der Waals surface area (Å²) in [4.78, 5) is 24.3. The maximum Gasteiger partial charge on any atom is 0.331 e. The van der Waals surface area contributed by atoms with Gasteiger partial charge in [0, 0.05) is 17.3 Å². The highest BCUT2D eigenvalue weighted by molar-refractivity contribution is 7.92. The fourth-order valence-corrected chi connectivity index (χ4v) is 2.82. The van der Waals surface area contributed by atoms with E-state index < -0.39 is 22.1 Å². The molecule has 2 aromatic rings. The van der Waals surface area contributed by atoms with Gasteiger partial charge in [-0.25, -0.2) is 13.2 Å². The quantitative estimate of drug-likeness (QED) is 0.448. The van der Waals surface area contributed by atoms with E-state index in [-0.39, 0.29) is 5.78 Å². The topological polar surface area (TPSA) is 89.5 Å². The van der Waals surface area contributed by atoms with Gasteiger partial charge in [-0.2, -0.15) is 0 Å². The Kier molecular flexibility index (Phi) is 6.52. The molecule has 0 aliphatic heterocycles. The number of carbonyl (C=O) groups is 2. The molecule has 142 valence electrons. The molecular weight excluding hydrogens is 366 g/mol. The minimum Gasteiger partial charge on any atom is -0.451 e. The molecule has 0 radical (unpaired) electrons. The van der Waals surface area contributed by atoms with Crippen molar-refractivity contribution in [2.24, 2.45) is 0 Å². The summed E-state index contributed by atoms with van der Waals surface area (Å²) >= 11 is 0. The van der Waals surface area contributed by atoms with Crippen LogP contribution in [0.5, 0.6) is 0 Å². The van der Waals surface area contributed by atoms with E-state index in [1.165, 1.54) is 37.3 Å². The summed E-state index contributed by atoms with van der Waals surface area (Å²) in [6.07, 6.45) is 2.96. The summed E-state index contributed by atoms with van der Waals surface area (Å²) in [7, 11) is -3.39. The average molecular weight is 387 g/mol. The first-order valence-corrected chi connectivity index (χ1v) is 10.1. The van der Waals surface area contributed by atoms with Gasteiger partial charge in [0.05, 0.1) is 6.26 Å². The molecule has 0 aliphatic rings. The maximum atomic E-state index is 12.3. The number of nitrogens with one attached hydrogen (secondary N) is 1. The Balaban J connectivity index is 1.96. The Morgan fingerprint density at radius 2 is 1.63 bits per heavy atom. The highest BCUT2D eigenvalue weighted by atomic mass is 32.2. The second-order valence-corrected chi connectivity index (χ2v) is 7.89. The molecule has 6 nitrogen and oxygen atoms in total. The lowest BCUT2D eigenvalue weighted by Gasteiger charge is -2.11. The molecule has 0 bridgehead atoms. The molecule has 1 N–H and O–H groups in total. The number of sulfonamides is 1. The molecule has 0 heterocycles. The Morgan fingerprint density at radius 3 is 2.19 bits per heavy atom. The van der Waals surface area contributed by atoms with Crippen LogP contribution < -0.4 is 4.72 Å². The number of hydrogen-bond donors (Lipinski definition) is 1. The van der Waals surface area contributed by atoms with E-state index in [9.17, 15) is 18.0 Å². The number of hydrogen-bond acceptors (Lipinski definition) is 5. The molecule has 0 aromatic heterocycles. The summed E-state index contributed by atoms with van der Waals surface area (Å²) in [5.41, 5.74) is 2.63. The molecule has 0 saturated carbocycles. The predicted octanol–water partition coefficient (Wildman–Crippen LogP) is 3.19. The number of benzene rings is 2. The largest absolute Gasteiger partial charge is 0.451 e. The van der Waals surface area contributed by atoms with E-state index in [0.717, 1.165) is 17.4 Å². The summed E-state index contributed by atoms with van der Waals surface area (Å²) in [5, 5.41) is 0. The number of ether oxygens (including phenoxy) is 1. The standard InChI is InChI=1S/C20H21NO5S/c1-14-4-6-16(7-5-14)8-13-19(22)26-15(2)20(23)17-9-11-18(12-10-17)21-27(3,24)25/h4-13,15,21H,1-3H3/b13-8+/t15-/m1/s1. The van der Waals surface area contributed by atoms with Crippen molar-refractivity contribution in [3.63, 3.8) is 0 Å². The summed E-state index contributed by atoms with van der Waals surface area (Å²) in [6, 6.07) is 13.5. The maximum absolute atomic E-state index is 12.3. The van der Waals surface area contributed by atoms with Crippen molar-refractivity contribution in [3.8, 4) is 0 Å². The van der Waals surface area contributed by atoms with Crippen LogP contribution in [0.4, 0.5) is 5.69 Å². The van der Waals surface area contributed by atoms with Gasteiger partial charge in [0.15, 0.2) is 6.10 Å². The van der Waals surface area contributed by atoms with Crippen LogP contribution in [0.1, 0.15) is 28.4 Å². The van der Waals surface area contributed by atoms with Crippen LogP contribution in [0.25, 0.3) is 6.08 Å². The van der Waals surface area contributed by atoms with Crippen molar-refractivity contribution in [1.29, 1.82) is 0 Å². The Morgan fingerprint density at radius 1 is 1.04 bits per heavy atom. The van der Waals surface area contributed by atoms with Crippen molar-refractivity contribution in [2.45, 2.75) is 20.0 Å². The van der Waals surface area contributed by atoms with E-state index in [1.807, 2.05) is 31.2 Å². The normalized spacial score (nSPS) is 12.6. The molecule has 0 spiro atoms. The molecule has 0 unspecified atom stereocenters. The third kappa shape index (κ3) is 6.71. The van der Waals surface area contributed by atoms with Crippen LogP contribution >= 0.6 is 0 Å². The highest BCUT2D eigenvalue weighted by Crippen LogP contribution is 2.14. The zero-order chi connectivity index (χ0) is 20.0. The zero-order valence-electron chi connectivity index (χ0n) is 15.3. The zero-order valence-corrected chi connectivity index (χ0v) is 16.1. The second-order valence-electron chi connectivity index (χ2n) is 6.14. The number of Topliss-reactive ketones (excluding diaryl/α,β-unsaturated/α-hetero) is 1. The third-order valence-electron chi connectivity index (χ3n) is 3.62. The minimum atomic E-state index is -3.39. The number of rotatable bonds is 7. The fraction of sp³-hybridized carbons (Fsp3) is 0.200. The van der Waals surface area contributed by atoms with Crippen LogP contribution in [0.15, 0.2) is 54.6 Å². The molecular formula is C20H21NO5S. The van der Waals surface area contributed by atoms with Gasteiger partial charge in [0.1, 0.15) is 0 Å². The number of carbonyl (C=O) groups excluding carboxylic acids is 2. The monoisotopic (exact) mass is 387 g/mol. The van der Waals surface area contributed by atoms with E-state index in [2.05, 4.69) is 4.72 Å². The first-order valence-electron chi connectivity index (χ1n) is 8.21. The van der Waals surface area contributed by atoms with Gasteiger partial charge in [-0.1, -0.05) is 29.8 Å². The number of ketones is 1. The van der Waals surface area contributed by atoms with E-state index in [4.69, 9.17) is 4.74 Å². The van der Waals surface area contributed by atoms with Crippen molar-refractivity contribution >= 4 is 33.5 Å². The lowest BCUT2D eigenvalue weighted by molar-refractivity contribution is -0.140. The van der Waals surface area contributed by atoms with Gasteiger partial charge < -0.3 is 4.74 Å². The Hall–Kier alpha value is -2.93. The molecule has 0 aliphatic carbocycles. The Bertz CT molecular complexity index is 945. The number of esters is 1. The van der Waals surface area contributed by atoms with Gasteiger partial charge in [-0.15, -0.1) is 0 Å². The third-order valence-corrected chi connectivity index (χ3v) is 4.23. The molecule has 2 rings (SSSR count). The molecule has 1 atom stereocenters. The number of aryl methyl sites for hydroxylation is 1. The van der Waals surface area contributed by atoms with Crippen LogP contribution in [0.3, 0.4) is 0 Å². The van der Waals surface area contributed by atoms with Gasteiger partial charge in [0.2, 0.25) is 15.8 Å². The van der Waals surface area contributed by atoms with Gasteiger partial charge in [-0.3, -0.25) is 9.52 Å². The number of anilines is 1. The van der Waals surface area contributed by atoms with Gasteiger partial charge in [0.25, 0.3) is 0 Å². The van der Waals surface area contributed by atoms with Crippen molar-refractivity contribution in [2.75, 3.05) is 11.0 Å². The van der Waals surface area contributed by atoms with E-state index >= 15 is 0 Å². The highest BCUT2D eigenvalue weighted by Gasteiger charge is 2.18. The summed E-state index contributed by atoms with van der Waals surface area (Å²) in [6.45, 7) is 3.46. The molecule has 0 fully saturated rings. The SMILES string of the molecule is Cc1ccc(/C=C/C(=O)O[C@H](C)C(=O)c2ccc(NS(C)(=O)=O)cc2)cc1. The lowest BCUT2D eigenvalue weighted by atomic mass is 10.1. The summed E-state index contributed by atoms with van der Waals surface area (Å²) in [5.74, 6) is -0.996. The molecule has 0 amide bonds. The van der Waals surface area contributed by atoms with E-state index in [0.29, 0.717) is 11.3 Å². The minimum absolute atomic E-state index is 0.317. The van der Waals surface area contributed by atoms with Crippen molar-refractivity contribution < 1.29 is 22.7 Å². The smallest absolute Gasteiger partial charge is 0.331 e. The average Bonchev–Trinajstić information content (AvgIpc) is 2.60. The van der Waals surface area contributed by atoms with Gasteiger partial charge >= 0.3 is 5.97 Å². The van der Waals surface area contributed by atoms with Gasteiger partial charge in [-0.05, 0) is 49.8 Å². The van der Waals surface area contributed by atoms with Crippen LogP contribution in [0, 0.1) is 6.92 Å². The Labute approximate surface area is 158 Å². The second kappa shape index (κ2) is 8.64. The molecule has 0 saturated heterocycles. The molecule has 7 heteroatoms. The van der Waals surface area contributed by atoms with Crippen molar-refractivity contribution in [3.05, 3.63) is 71.3 Å². The first kappa shape index (κ1) is 20.4. The lowest BCUT2D eigenvalue weighted by Crippen LogP contribution is -2.23. The molecule has 2 aromatic carbocycles. The first-order chi connectivity index (χ1) is 12.6. The van der Waals surface area contributed by atoms with Crippen LogP contribution in [-0.4, -0.2) is 32.5 Å². The molecule has 27 heavy (non-hydrogen) atoms. The van der Waals surface area contributed by atoms with E-state index in [1.54, 1.807) is 6.08 Å².